The second kappa shape index (κ2) is 7.85. The van der Waals surface area contributed by atoms with Gasteiger partial charge in [-0.1, -0.05) is 19.3 Å². The standard InChI is InChI=1S/C19H27N5O2/c1-12(22-18(25)17-14(3)26-11-21-17)16-10-20-19(23-13(16)2)24(4)15-8-6-5-7-9-15/h10-12,15H,5-9H2,1-4H3,(H,22,25)/t12-/m1/s1. The normalized spacial score (nSPS) is 16.3. The number of hydrogen-bond donors (Lipinski definition) is 1. The maximum atomic E-state index is 12.3. The van der Waals surface area contributed by atoms with Crippen LogP contribution < -0.4 is 10.2 Å². The molecule has 2 aromatic rings. The first-order valence-electron chi connectivity index (χ1n) is 9.24. The third-order valence-electron chi connectivity index (χ3n) is 5.22. The number of oxazole rings is 1. The van der Waals surface area contributed by atoms with Crippen LogP contribution in [0.25, 0.3) is 0 Å². The van der Waals surface area contributed by atoms with Crippen molar-refractivity contribution in [1.29, 1.82) is 0 Å². The summed E-state index contributed by atoms with van der Waals surface area (Å²) >= 11 is 0. The van der Waals surface area contributed by atoms with E-state index in [0.29, 0.717) is 17.5 Å². The van der Waals surface area contributed by atoms with Gasteiger partial charge in [-0.15, -0.1) is 0 Å². The molecule has 1 saturated carbocycles. The fourth-order valence-corrected chi connectivity index (χ4v) is 3.56. The number of amides is 1. The van der Waals surface area contributed by atoms with Crippen LogP contribution in [0.5, 0.6) is 0 Å². The number of aromatic nitrogens is 3. The zero-order valence-electron chi connectivity index (χ0n) is 16.0. The Hall–Kier alpha value is -2.44. The van der Waals surface area contributed by atoms with Gasteiger partial charge in [0.25, 0.3) is 5.91 Å². The Morgan fingerprint density at radius 2 is 2.00 bits per heavy atom. The van der Waals surface area contributed by atoms with E-state index in [1.807, 2.05) is 20.0 Å². The maximum Gasteiger partial charge on any atom is 0.273 e. The zero-order valence-corrected chi connectivity index (χ0v) is 16.0. The molecular formula is C19H27N5O2. The van der Waals surface area contributed by atoms with Gasteiger partial charge in [-0.3, -0.25) is 4.79 Å². The summed E-state index contributed by atoms with van der Waals surface area (Å²) in [7, 11) is 2.07. The zero-order chi connectivity index (χ0) is 18.7. The molecule has 7 heteroatoms. The van der Waals surface area contributed by atoms with Gasteiger partial charge in [-0.25, -0.2) is 15.0 Å². The van der Waals surface area contributed by atoms with Crippen molar-refractivity contribution in [2.45, 2.75) is 65.0 Å². The van der Waals surface area contributed by atoms with Gasteiger partial charge in [-0.05, 0) is 33.6 Å². The van der Waals surface area contributed by atoms with E-state index in [4.69, 9.17) is 4.42 Å². The molecule has 1 aliphatic rings. The number of rotatable bonds is 5. The summed E-state index contributed by atoms with van der Waals surface area (Å²) < 4.78 is 5.09. The number of anilines is 1. The summed E-state index contributed by atoms with van der Waals surface area (Å²) in [5.74, 6) is 1.00. The van der Waals surface area contributed by atoms with Crippen molar-refractivity contribution in [2.75, 3.05) is 11.9 Å². The van der Waals surface area contributed by atoms with E-state index < -0.39 is 0 Å². The smallest absolute Gasteiger partial charge is 0.273 e. The highest BCUT2D eigenvalue weighted by atomic mass is 16.3. The first-order chi connectivity index (χ1) is 12.5. The lowest BCUT2D eigenvalue weighted by Gasteiger charge is -2.31. The second-order valence-electron chi connectivity index (χ2n) is 7.07. The summed E-state index contributed by atoms with van der Waals surface area (Å²) in [6.45, 7) is 5.60. The largest absolute Gasteiger partial charge is 0.448 e. The highest BCUT2D eigenvalue weighted by molar-refractivity contribution is 5.93. The van der Waals surface area contributed by atoms with Crippen LogP contribution >= 0.6 is 0 Å². The van der Waals surface area contributed by atoms with Crippen molar-refractivity contribution in [3.05, 3.63) is 35.3 Å². The van der Waals surface area contributed by atoms with Gasteiger partial charge in [0.15, 0.2) is 12.1 Å². The van der Waals surface area contributed by atoms with Gasteiger partial charge in [-0.2, -0.15) is 0 Å². The molecule has 0 saturated heterocycles. The molecule has 0 radical (unpaired) electrons. The Morgan fingerprint density at radius 3 is 2.62 bits per heavy atom. The molecule has 0 aliphatic heterocycles. The number of carbonyl (C=O) groups excluding carboxylic acids is 1. The SMILES string of the molecule is Cc1nc(N(C)C2CCCCC2)ncc1[C@@H](C)NC(=O)c1ncoc1C. The molecule has 3 rings (SSSR count). The number of nitrogens with one attached hydrogen (secondary N) is 1. The number of carbonyl (C=O) groups is 1. The lowest BCUT2D eigenvalue weighted by Crippen LogP contribution is -2.35. The molecule has 7 nitrogen and oxygen atoms in total. The van der Waals surface area contributed by atoms with Crippen molar-refractivity contribution >= 4 is 11.9 Å². The third-order valence-corrected chi connectivity index (χ3v) is 5.22. The molecule has 1 fully saturated rings. The first-order valence-corrected chi connectivity index (χ1v) is 9.24. The summed E-state index contributed by atoms with van der Waals surface area (Å²) in [5, 5.41) is 2.94. The lowest BCUT2D eigenvalue weighted by atomic mass is 9.95. The Bertz CT molecular complexity index is 767. The van der Waals surface area contributed by atoms with Gasteiger partial charge in [0, 0.05) is 30.5 Å². The van der Waals surface area contributed by atoms with E-state index in [0.717, 1.165) is 17.2 Å². The third kappa shape index (κ3) is 3.86. The van der Waals surface area contributed by atoms with Crippen LogP contribution in [0, 0.1) is 13.8 Å². The lowest BCUT2D eigenvalue weighted by molar-refractivity contribution is 0.0934. The average molecular weight is 357 g/mol. The van der Waals surface area contributed by atoms with E-state index in [1.165, 1.54) is 38.5 Å². The summed E-state index contributed by atoms with van der Waals surface area (Å²) in [6.07, 6.45) is 9.36. The Kier molecular flexibility index (Phi) is 5.54. The van der Waals surface area contributed by atoms with Crippen molar-refractivity contribution < 1.29 is 9.21 Å². The highest BCUT2D eigenvalue weighted by Gasteiger charge is 2.22. The topological polar surface area (TPSA) is 84.2 Å². The van der Waals surface area contributed by atoms with Crippen LogP contribution in [0.15, 0.2) is 17.0 Å². The molecule has 1 amide bonds. The van der Waals surface area contributed by atoms with Gasteiger partial charge in [0.1, 0.15) is 5.76 Å². The van der Waals surface area contributed by atoms with E-state index >= 15 is 0 Å². The van der Waals surface area contributed by atoms with E-state index in [9.17, 15) is 4.79 Å². The second-order valence-corrected chi connectivity index (χ2v) is 7.07. The van der Waals surface area contributed by atoms with Crippen LogP contribution in [0.4, 0.5) is 5.95 Å². The minimum absolute atomic E-state index is 0.215. The number of aryl methyl sites for hydroxylation is 2. The molecule has 1 atom stereocenters. The van der Waals surface area contributed by atoms with E-state index in [2.05, 4.69) is 32.2 Å². The van der Waals surface area contributed by atoms with Crippen molar-refractivity contribution in [1.82, 2.24) is 20.3 Å². The quantitative estimate of drug-likeness (QED) is 0.883. The van der Waals surface area contributed by atoms with E-state index in [1.54, 1.807) is 6.92 Å². The Morgan fingerprint density at radius 1 is 1.27 bits per heavy atom. The first kappa shape index (κ1) is 18.4. The monoisotopic (exact) mass is 357 g/mol. The van der Waals surface area contributed by atoms with Gasteiger partial charge in [0.2, 0.25) is 5.95 Å². The maximum absolute atomic E-state index is 12.3. The molecule has 0 bridgehead atoms. The molecule has 2 aromatic heterocycles. The Balaban J connectivity index is 1.70. The number of hydrogen-bond acceptors (Lipinski definition) is 6. The molecule has 1 aliphatic carbocycles. The summed E-state index contributed by atoms with van der Waals surface area (Å²) in [5.41, 5.74) is 2.09. The Labute approximate surface area is 154 Å². The molecular weight excluding hydrogens is 330 g/mol. The molecule has 140 valence electrons. The fourth-order valence-electron chi connectivity index (χ4n) is 3.56. The molecule has 0 spiro atoms. The van der Waals surface area contributed by atoms with Gasteiger partial charge < -0.3 is 14.6 Å². The van der Waals surface area contributed by atoms with Crippen molar-refractivity contribution in [2.24, 2.45) is 0 Å². The van der Waals surface area contributed by atoms with Crippen molar-refractivity contribution in [3.8, 4) is 0 Å². The summed E-state index contributed by atoms with van der Waals surface area (Å²) in [6, 6.07) is 0.300. The van der Waals surface area contributed by atoms with Gasteiger partial charge in [0.05, 0.1) is 6.04 Å². The molecule has 26 heavy (non-hydrogen) atoms. The van der Waals surface area contributed by atoms with Gasteiger partial charge >= 0.3 is 0 Å². The van der Waals surface area contributed by atoms with Crippen molar-refractivity contribution in [3.63, 3.8) is 0 Å². The van der Waals surface area contributed by atoms with E-state index in [-0.39, 0.29) is 11.9 Å². The number of nitrogens with zero attached hydrogens (tertiary/aromatic N) is 4. The predicted octanol–water partition coefficient (Wildman–Crippen LogP) is 3.34. The fraction of sp³-hybridized carbons (Fsp3) is 0.579. The molecule has 1 N–H and O–H groups in total. The average Bonchev–Trinajstić information content (AvgIpc) is 3.07. The minimum Gasteiger partial charge on any atom is -0.448 e. The highest BCUT2D eigenvalue weighted by Crippen LogP contribution is 2.25. The molecule has 0 unspecified atom stereocenters. The molecule has 2 heterocycles. The molecule has 0 aromatic carbocycles. The van der Waals surface area contributed by atoms with Crippen LogP contribution in [0.3, 0.4) is 0 Å². The van der Waals surface area contributed by atoms with Crippen LogP contribution in [0.2, 0.25) is 0 Å². The minimum atomic E-state index is -0.258. The summed E-state index contributed by atoms with van der Waals surface area (Å²) in [4.78, 5) is 27.7. The predicted molar refractivity (Wildman–Crippen MR) is 99.2 cm³/mol. The van der Waals surface area contributed by atoms with Crippen LogP contribution in [-0.2, 0) is 0 Å². The van der Waals surface area contributed by atoms with Crippen LogP contribution in [-0.4, -0.2) is 33.9 Å². The van der Waals surface area contributed by atoms with Crippen LogP contribution in [0.1, 0.15) is 72.6 Å².